The van der Waals surface area contributed by atoms with E-state index in [-0.39, 0.29) is 11.7 Å². The number of ether oxygens (including phenoxy) is 3. The number of carbonyl (C=O) groups excluding carboxylic acids is 2. The van der Waals surface area contributed by atoms with Gasteiger partial charge in [0.05, 0.1) is 0 Å². The summed E-state index contributed by atoms with van der Waals surface area (Å²) in [6.07, 6.45) is 4.44. The van der Waals surface area contributed by atoms with Crippen LogP contribution in [0.3, 0.4) is 0 Å². The number of benzene rings is 4. The van der Waals surface area contributed by atoms with E-state index in [0.717, 1.165) is 58.4 Å². The summed E-state index contributed by atoms with van der Waals surface area (Å²) < 4.78 is 30.8. The maximum Gasteiger partial charge on any atom is 0.308 e. The van der Waals surface area contributed by atoms with Crippen LogP contribution in [-0.4, -0.2) is 43.1 Å². The Labute approximate surface area is 239 Å². The molecule has 0 unspecified atom stereocenters. The fraction of sp³-hybridized carbons (Fsp3) is 0.294. The van der Waals surface area contributed by atoms with Crippen LogP contribution in [0, 0.1) is 5.82 Å². The maximum atomic E-state index is 14.4. The average Bonchev–Trinajstić information content (AvgIpc) is 2.95. The molecule has 0 N–H and O–H groups in total. The van der Waals surface area contributed by atoms with Crippen molar-refractivity contribution in [3.05, 3.63) is 89.7 Å². The number of hydrogen-bond acceptors (Lipinski definition) is 6. The maximum absolute atomic E-state index is 14.4. The minimum Gasteiger partial charge on any atom is -0.492 e. The molecule has 0 aliphatic carbocycles. The molecule has 5 rings (SSSR count). The zero-order chi connectivity index (χ0) is 28.8. The first-order valence-electron chi connectivity index (χ1n) is 14.0. The molecule has 212 valence electrons. The third-order valence-corrected chi connectivity index (χ3v) is 7.29. The van der Waals surface area contributed by atoms with Crippen molar-refractivity contribution in [2.24, 2.45) is 0 Å². The van der Waals surface area contributed by atoms with Gasteiger partial charge < -0.3 is 14.2 Å². The fourth-order valence-corrected chi connectivity index (χ4v) is 5.35. The lowest BCUT2D eigenvalue weighted by Crippen LogP contribution is -2.33. The first-order valence-corrected chi connectivity index (χ1v) is 14.0. The van der Waals surface area contributed by atoms with Crippen molar-refractivity contribution in [1.29, 1.82) is 0 Å². The molecule has 1 aliphatic heterocycles. The van der Waals surface area contributed by atoms with E-state index >= 15 is 0 Å². The van der Waals surface area contributed by atoms with Gasteiger partial charge in [-0.25, -0.2) is 4.39 Å². The van der Waals surface area contributed by atoms with Crippen LogP contribution in [0.5, 0.6) is 17.2 Å². The number of piperidine rings is 1. The quantitative estimate of drug-likeness (QED) is 0.164. The van der Waals surface area contributed by atoms with Crippen LogP contribution in [0.2, 0.25) is 0 Å². The average molecular weight is 556 g/mol. The standard InChI is InChI=1S/C34H34FNO5/c1-23(37)40-29-12-14-31-26(21-29)8-13-30(27-9-15-33(35)34(22-27)41-24(2)38)32(31)20-25-6-10-28(11-7-25)39-19-18-36-16-4-3-5-17-36/h6-15,21-22H,3-5,16-20H2,1-2H3. The highest BCUT2D eigenvalue weighted by Gasteiger charge is 2.16. The summed E-state index contributed by atoms with van der Waals surface area (Å²) in [5.74, 6) is -0.390. The van der Waals surface area contributed by atoms with Crippen molar-refractivity contribution >= 4 is 22.7 Å². The van der Waals surface area contributed by atoms with Crippen LogP contribution in [0.4, 0.5) is 4.39 Å². The Morgan fingerprint density at radius 1 is 0.805 bits per heavy atom. The normalized spacial score (nSPS) is 13.6. The van der Waals surface area contributed by atoms with Gasteiger partial charge in [0.25, 0.3) is 0 Å². The molecule has 1 saturated heterocycles. The fourth-order valence-electron chi connectivity index (χ4n) is 5.35. The molecule has 1 heterocycles. The van der Waals surface area contributed by atoms with Gasteiger partial charge >= 0.3 is 11.9 Å². The second kappa shape index (κ2) is 13.0. The molecular formula is C34H34FNO5. The van der Waals surface area contributed by atoms with Gasteiger partial charge in [0, 0.05) is 20.4 Å². The number of fused-ring (bicyclic) bond motifs is 1. The second-order valence-electron chi connectivity index (χ2n) is 10.4. The molecule has 0 atom stereocenters. The molecule has 0 bridgehead atoms. The molecule has 0 saturated carbocycles. The van der Waals surface area contributed by atoms with Crippen molar-refractivity contribution in [2.45, 2.75) is 39.5 Å². The summed E-state index contributed by atoms with van der Waals surface area (Å²) in [6.45, 7) is 6.50. The van der Waals surface area contributed by atoms with Crippen LogP contribution in [-0.2, 0) is 16.0 Å². The summed E-state index contributed by atoms with van der Waals surface area (Å²) in [6, 6.07) is 22.1. The second-order valence-corrected chi connectivity index (χ2v) is 10.4. The van der Waals surface area contributed by atoms with E-state index in [0.29, 0.717) is 18.8 Å². The molecule has 6 nitrogen and oxygen atoms in total. The lowest BCUT2D eigenvalue weighted by atomic mass is 9.90. The summed E-state index contributed by atoms with van der Waals surface area (Å²) in [7, 11) is 0. The van der Waals surface area contributed by atoms with Crippen LogP contribution < -0.4 is 14.2 Å². The molecule has 0 aromatic heterocycles. The Bertz CT molecular complexity index is 1540. The third-order valence-electron chi connectivity index (χ3n) is 7.29. The van der Waals surface area contributed by atoms with Crippen LogP contribution >= 0.6 is 0 Å². The van der Waals surface area contributed by atoms with Gasteiger partial charge in [-0.15, -0.1) is 0 Å². The third kappa shape index (κ3) is 7.30. The first kappa shape index (κ1) is 28.3. The molecule has 0 radical (unpaired) electrons. The van der Waals surface area contributed by atoms with Gasteiger partial charge in [-0.3, -0.25) is 14.5 Å². The number of hydrogen-bond donors (Lipinski definition) is 0. The highest BCUT2D eigenvalue weighted by atomic mass is 19.1. The van der Waals surface area contributed by atoms with E-state index in [2.05, 4.69) is 17.0 Å². The van der Waals surface area contributed by atoms with Crippen molar-refractivity contribution in [2.75, 3.05) is 26.2 Å². The molecule has 4 aromatic carbocycles. The van der Waals surface area contributed by atoms with E-state index in [1.165, 1.54) is 39.2 Å². The van der Waals surface area contributed by atoms with Gasteiger partial charge in [-0.05, 0) is 102 Å². The number of rotatable bonds is 9. The smallest absolute Gasteiger partial charge is 0.308 e. The van der Waals surface area contributed by atoms with E-state index < -0.39 is 11.8 Å². The van der Waals surface area contributed by atoms with Crippen molar-refractivity contribution < 1.29 is 28.2 Å². The number of halogens is 1. The molecule has 1 fully saturated rings. The molecule has 0 spiro atoms. The lowest BCUT2D eigenvalue weighted by molar-refractivity contribution is -0.132. The number of esters is 2. The topological polar surface area (TPSA) is 65.1 Å². The Morgan fingerprint density at radius 2 is 1.54 bits per heavy atom. The highest BCUT2D eigenvalue weighted by Crippen LogP contribution is 2.36. The van der Waals surface area contributed by atoms with E-state index in [1.54, 1.807) is 18.2 Å². The Balaban J connectivity index is 1.44. The zero-order valence-corrected chi connectivity index (χ0v) is 23.5. The number of likely N-dealkylation sites (tertiary alicyclic amines) is 1. The minimum atomic E-state index is -0.604. The Kier molecular flexibility index (Phi) is 8.95. The van der Waals surface area contributed by atoms with Gasteiger partial charge in [0.15, 0.2) is 11.6 Å². The van der Waals surface area contributed by atoms with Crippen LogP contribution in [0.1, 0.15) is 44.2 Å². The monoisotopic (exact) mass is 555 g/mol. The van der Waals surface area contributed by atoms with Crippen molar-refractivity contribution in [3.8, 4) is 28.4 Å². The van der Waals surface area contributed by atoms with Crippen molar-refractivity contribution in [3.63, 3.8) is 0 Å². The molecule has 0 amide bonds. The summed E-state index contributed by atoms with van der Waals surface area (Å²) >= 11 is 0. The largest absolute Gasteiger partial charge is 0.492 e. The predicted molar refractivity (Wildman–Crippen MR) is 157 cm³/mol. The Morgan fingerprint density at radius 3 is 2.27 bits per heavy atom. The predicted octanol–water partition coefficient (Wildman–Crippen LogP) is 6.95. The minimum absolute atomic E-state index is 0.114. The van der Waals surface area contributed by atoms with Gasteiger partial charge in [0.2, 0.25) is 0 Å². The summed E-state index contributed by atoms with van der Waals surface area (Å²) in [5.41, 5.74) is 3.69. The van der Waals surface area contributed by atoms with Crippen molar-refractivity contribution in [1.82, 2.24) is 4.90 Å². The lowest BCUT2D eigenvalue weighted by Gasteiger charge is -2.26. The van der Waals surface area contributed by atoms with E-state index in [1.807, 2.05) is 36.4 Å². The molecule has 1 aliphatic rings. The Hall–Kier alpha value is -4.23. The van der Waals surface area contributed by atoms with Crippen LogP contribution in [0.15, 0.2) is 72.8 Å². The molecule has 4 aromatic rings. The van der Waals surface area contributed by atoms with E-state index in [9.17, 15) is 14.0 Å². The SMILES string of the molecule is CC(=O)Oc1ccc2c(Cc3ccc(OCCN4CCCCC4)cc3)c(-c3ccc(F)c(OC(C)=O)c3)ccc2c1. The number of carbonyl (C=O) groups is 2. The summed E-state index contributed by atoms with van der Waals surface area (Å²) in [5, 5.41) is 1.88. The number of nitrogens with zero attached hydrogens (tertiary/aromatic N) is 1. The van der Waals surface area contributed by atoms with E-state index in [4.69, 9.17) is 14.2 Å². The highest BCUT2D eigenvalue weighted by molar-refractivity contribution is 5.93. The van der Waals surface area contributed by atoms with Gasteiger partial charge in [-0.1, -0.05) is 42.8 Å². The van der Waals surface area contributed by atoms with Crippen LogP contribution in [0.25, 0.3) is 21.9 Å². The first-order chi connectivity index (χ1) is 19.9. The molecular weight excluding hydrogens is 521 g/mol. The zero-order valence-electron chi connectivity index (χ0n) is 23.5. The summed E-state index contributed by atoms with van der Waals surface area (Å²) in [4.78, 5) is 25.5. The van der Waals surface area contributed by atoms with Gasteiger partial charge in [-0.2, -0.15) is 0 Å². The van der Waals surface area contributed by atoms with Gasteiger partial charge in [0.1, 0.15) is 18.1 Å². The molecule has 41 heavy (non-hydrogen) atoms. The molecule has 7 heteroatoms.